The number of nitrogens with zero attached hydrogens (tertiary/aromatic N) is 2. The first kappa shape index (κ1) is 18.8. The zero-order chi connectivity index (χ0) is 19.2. The molecule has 1 heterocycles. The van der Waals surface area contributed by atoms with Crippen LogP contribution in [-0.2, 0) is 0 Å². The number of ether oxygens (including phenoxy) is 2. The molecule has 27 heavy (non-hydrogen) atoms. The largest absolute Gasteiger partial charge is 0.495 e. The van der Waals surface area contributed by atoms with E-state index < -0.39 is 0 Å². The van der Waals surface area contributed by atoms with E-state index in [0.29, 0.717) is 22.5 Å². The van der Waals surface area contributed by atoms with Gasteiger partial charge in [-0.1, -0.05) is 11.6 Å². The summed E-state index contributed by atoms with van der Waals surface area (Å²) < 4.78 is 10.8. The highest BCUT2D eigenvalue weighted by molar-refractivity contribution is 6.32. The summed E-state index contributed by atoms with van der Waals surface area (Å²) in [5.41, 5.74) is 1.68. The quantitative estimate of drug-likeness (QED) is 0.567. The second kappa shape index (κ2) is 8.60. The summed E-state index contributed by atoms with van der Waals surface area (Å²) in [5, 5.41) is 6.89. The maximum Gasteiger partial charge on any atom is 0.229 e. The van der Waals surface area contributed by atoms with Crippen molar-refractivity contribution in [2.75, 3.05) is 17.7 Å². The third-order valence-electron chi connectivity index (χ3n) is 3.56. The van der Waals surface area contributed by atoms with Crippen molar-refractivity contribution in [1.29, 1.82) is 0 Å². The lowest BCUT2D eigenvalue weighted by Crippen LogP contribution is -2.05. The van der Waals surface area contributed by atoms with Crippen LogP contribution in [0.25, 0.3) is 0 Å². The van der Waals surface area contributed by atoms with Crippen LogP contribution in [0.1, 0.15) is 13.8 Å². The molecular formula is C20H21ClN4O2. The summed E-state index contributed by atoms with van der Waals surface area (Å²) in [6.45, 7) is 4.00. The van der Waals surface area contributed by atoms with E-state index in [4.69, 9.17) is 21.1 Å². The Kier molecular flexibility index (Phi) is 5.98. The molecule has 2 N–H and O–H groups in total. The van der Waals surface area contributed by atoms with E-state index in [9.17, 15) is 0 Å². The van der Waals surface area contributed by atoms with E-state index in [1.165, 1.54) is 0 Å². The van der Waals surface area contributed by atoms with Crippen LogP contribution in [0, 0.1) is 0 Å². The van der Waals surface area contributed by atoms with Crippen molar-refractivity contribution in [3.8, 4) is 11.5 Å². The normalized spacial score (nSPS) is 10.6. The van der Waals surface area contributed by atoms with Crippen molar-refractivity contribution in [1.82, 2.24) is 9.97 Å². The molecular weight excluding hydrogens is 364 g/mol. The Morgan fingerprint density at radius 3 is 2.37 bits per heavy atom. The van der Waals surface area contributed by atoms with Crippen LogP contribution in [0.3, 0.4) is 0 Å². The molecule has 0 radical (unpaired) electrons. The van der Waals surface area contributed by atoms with Gasteiger partial charge in [-0.25, -0.2) is 4.98 Å². The van der Waals surface area contributed by atoms with Gasteiger partial charge in [0.2, 0.25) is 5.95 Å². The number of aromatic nitrogens is 2. The second-order valence-corrected chi connectivity index (χ2v) is 6.46. The molecule has 1 aromatic heterocycles. The monoisotopic (exact) mass is 384 g/mol. The van der Waals surface area contributed by atoms with Gasteiger partial charge in [-0.15, -0.1) is 0 Å². The minimum atomic E-state index is 0.144. The molecule has 0 unspecified atom stereocenters. The summed E-state index contributed by atoms with van der Waals surface area (Å²) in [4.78, 5) is 8.71. The van der Waals surface area contributed by atoms with Crippen LogP contribution in [0.2, 0.25) is 5.02 Å². The average Bonchev–Trinajstić information content (AvgIpc) is 2.63. The van der Waals surface area contributed by atoms with Crippen LogP contribution < -0.4 is 20.1 Å². The Morgan fingerprint density at radius 1 is 0.963 bits per heavy atom. The predicted octanol–water partition coefficient (Wildman–Crippen LogP) is 5.41. The minimum absolute atomic E-state index is 0.144. The zero-order valence-electron chi connectivity index (χ0n) is 15.4. The molecule has 0 saturated carbocycles. The van der Waals surface area contributed by atoms with Crippen molar-refractivity contribution in [3.05, 3.63) is 59.8 Å². The Bertz CT molecular complexity index is 901. The van der Waals surface area contributed by atoms with E-state index in [-0.39, 0.29) is 6.10 Å². The number of benzene rings is 2. The molecule has 0 aliphatic heterocycles. The lowest BCUT2D eigenvalue weighted by atomic mass is 10.3. The van der Waals surface area contributed by atoms with Crippen molar-refractivity contribution in [3.63, 3.8) is 0 Å². The van der Waals surface area contributed by atoms with Gasteiger partial charge in [0.15, 0.2) is 0 Å². The molecule has 0 bridgehead atoms. The molecule has 0 fully saturated rings. The molecule has 3 aromatic rings. The van der Waals surface area contributed by atoms with Gasteiger partial charge in [0.25, 0.3) is 0 Å². The fourth-order valence-electron chi connectivity index (χ4n) is 2.40. The standard InChI is InChI=1S/C20H21ClN4O2/c1-13(2)27-16-7-4-14(5-8-16)23-19-10-11-22-20(25-19)24-15-6-9-18(26-3)17(21)12-15/h4-13H,1-3H3,(H2,22,23,24,25). The van der Waals surface area contributed by atoms with Crippen LogP contribution in [0.15, 0.2) is 54.7 Å². The van der Waals surface area contributed by atoms with Gasteiger partial charge in [-0.2, -0.15) is 4.98 Å². The van der Waals surface area contributed by atoms with Crippen molar-refractivity contribution >= 4 is 34.7 Å². The van der Waals surface area contributed by atoms with E-state index >= 15 is 0 Å². The fraction of sp³-hybridized carbons (Fsp3) is 0.200. The smallest absolute Gasteiger partial charge is 0.229 e. The predicted molar refractivity (Wildman–Crippen MR) is 109 cm³/mol. The van der Waals surface area contributed by atoms with E-state index in [2.05, 4.69) is 20.6 Å². The van der Waals surface area contributed by atoms with E-state index in [0.717, 1.165) is 17.1 Å². The van der Waals surface area contributed by atoms with Gasteiger partial charge in [0.1, 0.15) is 17.3 Å². The summed E-state index contributed by atoms with van der Waals surface area (Å²) >= 11 is 6.15. The van der Waals surface area contributed by atoms with Gasteiger partial charge in [-0.3, -0.25) is 0 Å². The topological polar surface area (TPSA) is 68.3 Å². The molecule has 0 atom stereocenters. The van der Waals surface area contributed by atoms with E-state index in [1.807, 2.05) is 44.2 Å². The maximum absolute atomic E-state index is 6.15. The second-order valence-electron chi connectivity index (χ2n) is 6.06. The summed E-state index contributed by atoms with van der Waals surface area (Å²) in [7, 11) is 1.58. The maximum atomic E-state index is 6.15. The van der Waals surface area contributed by atoms with Crippen LogP contribution >= 0.6 is 11.6 Å². The van der Waals surface area contributed by atoms with Crippen molar-refractivity contribution in [2.45, 2.75) is 20.0 Å². The molecule has 6 nitrogen and oxygen atoms in total. The van der Waals surface area contributed by atoms with Crippen LogP contribution in [-0.4, -0.2) is 23.2 Å². The number of nitrogens with one attached hydrogen (secondary N) is 2. The Hall–Kier alpha value is -2.99. The SMILES string of the molecule is COc1ccc(Nc2nccc(Nc3ccc(OC(C)C)cc3)n2)cc1Cl. The zero-order valence-corrected chi connectivity index (χ0v) is 16.1. The Labute approximate surface area is 163 Å². The molecule has 0 spiro atoms. The molecule has 0 aliphatic carbocycles. The molecule has 0 amide bonds. The molecule has 7 heteroatoms. The third kappa shape index (κ3) is 5.24. The van der Waals surface area contributed by atoms with Gasteiger partial charge in [-0.05, 0) is 62.4 Å². The van der Waals surface area contributed by atoms with Gasteiger partial charge >= 0.3 is 0 Å². The highest BCUT2D eigenvalue weighted by Gasteiger charge is 2.05. The lowest BCUT2D eigenvalue weighted by Gasteiger charge is -2.11. The molecule has 2 aromatic carbocycles. The first-order chi connectivity index (χ1) is 13.0. The highest BCUT2D eigenvalue weighted by atomic mass is 35.5. The van der Waals surface area contributed by atoms with Crippen molar-refractivity contribution < 1.29 is 9.47 Å². The van der Waals surface area contributed by atoms with Crippen LogP contribution in [0.4, 0.5) is 23.1 Å². The number of methoxy groups -OCH3 is 1. The molecule has 140 valence electrons. The van der Waals surface area contributed by atoms with Gasteiger partial charge in [0.05, 0.1) is 18.2 Å². The lowest BCUT2D eigenvalue weighted by molar-refractivity contribution is 0.242. The first-order valence-corrected chi connectivity index (χ1v) is 8.88. The van der Waals surface area contributed by atoms with Crippen LogP contribution in [0.5, 0.6) is 11.5 Å². The summed E-state index contributed by atoms with van der Waals surface area (Å²) in [6.07, 6.45) is 1.82. The van der Waals surface area contributed by atoms with Crippen molar-refractivity contribution in [2.24, 2.45) is 0 Å². The highest BCUT2D eigenvalue weighted by Crippen LogP contribution is 2.28. The van der Waals surface area contributed by atoms with Gasteiger partial charge in [0, 0.05) is 17.6 Å². The van der Waals surface area contributed by atoms with Gasteiger partial charge < -0.3 is 20.1 Å². The third-order valence-corrected chi connectivity index (χ3v) is 3.86. The summed E-state index contributed by atoms with van der Waals surface area (Å²) in [5.74, 6) is 2.58. The number of rotatable bonds is 7. The first-order valence-electron chi connectivity index (χ1n) is 8.51. The number of hydrogen-bond acceptors (Lipinski definition) is 6. The Balaban J connectivity index is 1.69. The number of halogens is 1. The fourth-order valence-corrected chi connectivity index (χ4v) is 2.66. The Morgan fingerprint density at radius 2 is 1.70 bits per heavy atom. The number of hydrogen-bond donors (Lipinski definition) is 2. The molecule has 0 aliphatic rings. The minimum Gasteiger partial charge on any atom is -0.495 e. The number of anilines is 4. The molecule has 3 rings (SSSR count). The van der Waals surface area contributed by atoms with E-state index in [1.54, 1.807) is 31.5 Å². The summed E-state index contributed by atoms with van der Waals surface area (Å²) in [6, 6.07) is 14.9. The average molecular weight is 385 g/mol. The molecule has 0 saturated heterocycles.